The summed E-state index contributed by atoms with van der Waals surface area (Å²) in [6.07, 6.45) is 3.40. The van der Waals surface area contributed by atoms with Gasteiger partial charge in [-0.3, -0.25) is 9.48 Å². The highest BCUT2D eigenvalue weighted by Gasteiger charge is 2.02. The maximum Gasteiger partial charge on any atom is 0.221 e. The van der Waals surface area contributed by atoms with E-state index < -0.39 is 0 Å². The molecule has 0 aliphatic carbocycles. The Hall–Kier alpha value is -2.57. The van der Waals surface area contributed by atoms with Crippen molar-refractivity contribution in [1.29, 1.82) is 0 Å². The monoisotopic (exact) mass is 290 g/mol. The van der Waals surface area contributed by atoms with Gasteiger partial charge in [0.2, 0.25) is 5.91 Å². The van der Waals surface area contributed by atoms with Gasteiger partial charge in [-0.25, -0.2) is 4.98 Å². The van der Waals surface area contributed by atoms with Crippen molar-refractivity contribution in [1.82, 2.24) is 20.1 Å². The first-order chi connectivity index (χ1) is 10.3. The molecule has 21 heavy (non-hydrogen) atoms. The van der Waals surface area contributed by atoms with Gasteiger partial charge in [0.15, 0.2) is 0 Å². The second-order valence-electron chi connectivity index (χ2n) is 4.28. The van der Waals surface area contributed by atoms with Gasteiger partial charge in [0, 0.05) is 6.42 Å². The van der Waals surface area contributed by atoms with Crippen LogP contribution in [0.15, 0.2) is 36.9 Å². The molecular weight excluding hydrogens is 272 g/mol. The average molecular weight is 290 g/mol. The minimum absolute atomic E-state index is 0.0381. The van der Waals surface area contributed by atoms with E-state index in [1.807, 2.05) is 24.3 Å². The first kappa shape index (κ1) is 14.8. The lowest BCUT2D eigenvalue weighted by Gasteiger charge is -2.08. The molecule has 0 spiro atoms. The van der Waals surface area contributed by atoms with Crippen molar-refractivity contribution in [3.8, 4) is 11.5 Å². The quantitative estimate of drug-likeness (QED) is 0.730. The molecule has 112 valence electrons. The minimum atomic E-state index is -0.0381. The molecule has 7 nitrogen and oxygen atoms in total. The van der Waals surface area contributed by atoms with E-state index in [1.165, 1.54) is 6.33 Å². The Bertz CT molecular complexity index is 540. The fourth-order valence-electron chi connectivity index (χ4n) is 1.68. The average Bonchev–Trinajstić information content (AvgIpc) is 3.03. The summed E-state index contributed by atoms with van der Waals surface area (Å²) in [4.78, 5) is 15.4. The number of amides is 1. The molecule has 1 heterocycles. The standard InChI is InChI=1S/C14H18N4O3/c1-20-12-2-4-13(5-3-12)21-9-7-16-14(19)6-8-18-11-15-10-17-18/h2-5,10-11H,6-9H2,1H3,(H,16,19). The number of hydrogen-bond donors (Lipinski definition) is 1. The van der Waals surface area contributed by atoms with E-state index in [0.29, 0.717) is 26.1 Å². The van der Waals surface area contributed by atoms with Crippen LogP contribution in [0.2, 0.25) is 0 Å². The lowest BCUT2D eigenvalue weighted by atomic mass is 10.3. The summed E-state index contributed by atoms with van der Waals surface area (Å²) in [6, 6.07) is 7.30. The van der Waals surface area contributed by atoms with Crippen molar-refractivity contribution >= 4 is 5.91 Å². The van der Waals surface area contributed by atoms with E-state index in [-0.39, 0.29) is 5.91 Å². The predicted molar refractivity (Wildman–Crippen MR) is 76.1 cm³/mol. The van der Waals surface area contributed by atoms with Crippen molar-refractivity contribution in [3.63, 3.8) is 0 Å². The Morgan fingerprint density at radius 3 is 2.71 bits per heavy atom. The van der Waals surface area contributed by atoms with Gasteiger partial charge in [-0.15, -0.1) is 0 Å². The van der Waals surface area contributed by atoms with Crippen molar-refractivity contribution < 1.29 is 14.3 Å². The van der Waals surface area contributed by atoms with Crippen LogP contribution in [-0.4, -0.2) is 40.9 Å². The minimum Gasteiger partial charge on any atom is -0.497 e. The number of methoxy groups -OCH3 is 1. The number of aromatic nitrogens is 3. The van der Waals surface area contributed by atoms with Crippen LogP contribution in [-0.2, 0) is 11.3 Å². The fraction of sp³-hybridized carbons (Fsp3) is 0.357. The van der Waals surface area contributed by atoms with E-state index in [0.717, 1.165) is 11.5 Å². The third-order valence-corrected chi connectivity index (χ3v) is 2.79. The summed E-state index contributed by atoms with van der Waals surface area (Å²) in [6.45, 7) is 1.40. The molecule has 0 bridgehead atoms. The lowest BCUT2D eigenvalue weighted by Crippen LogP contribution is -2.28. The number of rotatable bonds is 8. The van der Waals surface area contributed by atoms with Crippen LogP contribution < -0.4 is 14.8 Å². The summed E-state index contributed by atoms with van der Waals surface area (Å²) in [5.41, 5.74) is 0. The number of ether oxygens (including phenoxy) is 2. The first-order valence-corrected chi connectivity index (χ1v) is 6.64. The molecular formula is C14H18N4O3. The highest BCUT2D eigenvalue weighted by molar-refractivity contribution is 5.75. The molecule has 1 N–H and O–H groups in total. The number of carbonyl (C=O) groups is 1. The molecule has 0 saturated heterocycles. The van der Waals surface area contributed by atoms with Gasteiger partial charge in [0.1, 0.15) is 30.8 Å². The van der Waals surface area contributed by atoms with Crippen LogP contribution in [0.25, 0.3) is 0 Å². The molecule has 7 heteroatoms. The third-order valence-electron chi connectivity index (χ3n) is 2.79. The predicted octanol–water partition coefficient (Wildman–Crippen LogP) is 0.872. The molecule has 1 aromatic heterocycles. The van der Waals surface area contributed by atoms with Gasteiger partial charge in [0.05, 0.1) is 20.2 Å². The number of nitrogens with one attached hydrogen (secondary N) is 1. The molecule has 0 saturated carbocycles. The Morgan fingerprint density at radius 1 is 1.29 bits per heavy atom. The smallest absolute Gasteiger partial charge is 0.221 e. The molecule has 0 radical (unpaired) electrons. The number of aryl methyl sites for hydroxylation is 1. The van der Waals surface area contributed by atoms with Crippen LogP contribution in [0.1, 0.15) is 6.42 Å². The van der Waals surface area contributed by atoms with E-state index in [1.54, 1.807) is 18.1 Å². The SMILES string of the molecule is COc1ccc(OCCNC(=O)CCn2cncn2)cc1. The van der Waals surface area contributed by atoms with Gasteiger partial charge in [0.25, 0.3) is 0 Å². The van der Waals surface area contributed by atoms with E-state index in [2.05, 4.69) is 15.4 Å². The Kier molecular flexibility index (Phi) is 5.57. The van der Waals surface area contributed by atoms with Gasteiger partial charge in [-0.1, -0.05) is 0 Å². The van der Waals surface area contributed by atoms with Crippen molar-refractivity contribution in [3.05, 3.63) is 36.9 Å². The number of nitrogens with zero attached hydrogens (tertiary/aromatic N) is 3. The summed E-state index contributed by atoms with van der Waals surface area (Å²) < 4.78 is 12.2. The molecule has 2 rings (SSSR count). The molecule has 0 fully saturated rings. The zero-order valence-electron chi connectivity index (χ0n) is 11.9. The van der Waals surface area contributed by atoms with Crippen molar-refractivity contribution in [2.75, 3.05) is 20.3 Å². The summed E-state index contributed by atoms with van der Waals surface area (Å²) >= 11 is 0. The maximum absolute atomic E-state index is 11.6. The molecule has 0 aliphatic heterocycles. The first-order valence-electron chi connectivity index (χ1n) is 6.64. The Morgan fingerprint density at radius 2 is 2.05 bits per heavy atom. The lowest BCUT2D eigenvalue weighted by molar-refractivity contribution is -0.121. The summed E-state index contributed by atoms with van der Waals surface area (Å²) in [7, 11) is 1.62. The van der Waals surface area contributed by atoms with E-state index in [9.17, 15) is 4.79 Å². The van der Waals surface area contributed by atoms with Crippen LogP contribution in [0, 0.1) is 0 Å². The molecule has 2 aromatic rings. The van der Waals surface area contributed by atoms with Gasteiger partial charge in [-0.05, 0) is 24.3 Å². The zero-order chi connectivity index (χ0) is 14.9. The second-order valence-corrected chi connectivity index (χ2v) is 4.28. The highest BCUT2D eigenvalue weighted by Crippen LogP contribution is 2.16. The molecule has 0 atom stereocenters. The van der Waals surface area contributed by atoms with Gasteiger partial charge < -0.3 is 14.8 Å². The van der Waals surface area contributed by atoms with E-state index >= 15 is 0 Å². The zero-order valence-corrected chi connectivity index (χ0v) is 11.9. The Balaban J connectivity index is 1.59. The Labute approximate surface area is 122 Å². The molecule has 0 unspecified atom stereocenters. The van der Waals surface area contributed by atoms with Crippen LogP contribution in [0.5, 0.6) is 11.5 Å². The molecule has 0 aliphatic rings. The number of benzene rings is 1. The summed E-state index contributed by atoms with van der Waals surface area (Å²) in [5, 5.41) is 6.72. The van der Waals surface area contributed by atoms with Gasteiger partial charge in [-0.2, -0.15) is 5.10 Å². The highest BCUT2D eigenvalue weighted by atomic mass is 16.5. The molecule has 1 aromatic carbocycles. The van der Waals surface area contributed by atoms with Crippen LogP contribution in [0.3, 0.4) is 0 Å². The number of carbonyl (C=O) groups excluding carboxylic acids is 1. The molecule has 1 amide bonds. The fourth-order valence-corrected chi connectivity index (χ4v) is 1.68. The maximum atomic E-state index is 11.6. The van der Waals surface area contributed by atoms with Crippen molar-refractivity contribution in [2.45, 2.75) is 13.0 Å². The summed E-state index contributed by atoms with van der Waals surface area (Å²) in [5.74, 6) is 1.49. The van der Waals surface area contributed by atoms with Crippen molar-refractivity contribution in [2.24, 2.45) is 0 Å². The largest absolute Gasteiger partial charge is 0.497 e. The van der Waals surface area contributed by atoms with Crippen LogP contribution >= 0.6 is 0 Å². The van der Waals surface area contributed by atoms with E-state index in [4.69, 9.17) is 9.47 Å². The third kappa shape index (κ3) is 5.13. The second kappa shape index (κ2) is 7.88. The number of hydrogen-bond acceptors (Lipinski definition) is 5. The van der Waals surface area contributed by atoms with Crippen LogP contribution in [0.4, 0.5) is 0 Å². The topological polar surface area (TPSA) is 78.3 Å². The normalized spacial score (nSPS) is 10.1. The van der Waals surface area contributed by atoms with Gasteiger partial charge >= 0.3 is 0 Å².